The van der Waals surface area contributed by atoms with Gasteiger partial charge in [0.2, 0.25) is 0 Å². The number of rotatable bonds is 4. The predicted molar refractivity (Wildman–Crippen MR) is 117 cm³/mol. The van der Waals surface area contributed by atoms with Gasteiger partial charge in [-0.05, 0) is 71.1 Å². The molecule has 1 aliphatic rings. The maximum absolute atomic E-state index is 12.8. The van der Waals surface area contributed by atoms with E-state index in [1.165, 1.54) is 16.2 Å². The average Bonchev–Trinajstić information content (AvgIpc) is 2.98. The summed E-state index contributed by atoms with van der Waals surface area (Å²) < 4.78 is 6.03. The zero-order valence-corrected chi connectivity index (χ0v) is 19.1. The number of benzene rings is 1. The average molecular weight is 464 g/mol. The van der Waals surface area contributed by atoms with Crippen molar-refractivity contribution in [3.8, 4) is 0 Å². The lowest BCUT2D eigenvalue weighted by molar-refractivity contribution is 0.0526. The van der Waals surface area contributed by atoms with E-state index in [9.17, 15) is 9.59 Å². The molecule has 1 aromatic heterocycles. The van der Waals surface area contributed by atoms with Crippen LogP contribution in [0.15, 0.2) is 28.7 Å². The van der Waals surface area contributed by atoms with E-state index in [0.717, 1.165) is 29.3 Å². The van der Waals surface area contributed by atoms with Crippen molar-refractivity contribution in [2.24, 2.45) is 11.3 Å². The second kappa shape index (κ2) is 8.37. The molecule has 1 heterocycles. The topological polar surface area (TPSA) is 55.4 Å². The minimum Gasteiger partial charge on any atom is -0.462 e. The standard InChI is InChI=1S/C22H26BrNO3S/c1-5-27-21(26)18-15-11-10-13(22(2,3)4)12-17(15)28-20(18)24-19(25)14-8-6-7-9-16(14)23/h6-9,13H,5,10-12H2,1-4H3,(H,24,25). The van der Waals surface area contributed by atoms with Gasteiger partial charge in [-0.3, -0.25) is 4.79 Å². The van der Waals surface area contributed by atoms with E-state index in [2.05, 4.69) is 42.0 Å². The second-order valence-electron chi connectivity index (χ2n) is 8.17. The molecule has 28 heavy (non-hydrogen) atoms. The van der Waals surface area contributed by atoms with E-state index < -0.39 is 0 Å². The van der Waals surface area contributed by atoms with Gasteiger partial charge >= 0.3 is 5.97 Å². The van der Waals surface area contributed by atoms with Crippen LogP contribution >= 0.6 is 27.3 Å². The molecule has 4 nitrogen and oxygen atoms in total. The number of fused-ring (bicyclic) bond motifs is 1. The fourth-order valence-corrected chi connectivity index (χ4v) is 5.42. The molecule has 0 spiro atoms. The molecule has 0 saturated heterocycles. The third-order valence-corrected chi connectivity index (χ3v) is 7.18. The highest BCUT2D eigenvalue weighted by molar-refractivity contribution is 9.10. The fourth-order valence-electron chi connectivity index (χ4n) is 3.65. The van der Waals surface area contributed by atoms with Crippen molar-refractivity contribution < 1.29 is 14.3 Å². The molecular formula is C22H26BrNO3S. The van der Waals surface area contributed by atoms with Crippen molar-refractivity contribution in [2.45, 2.75) is 47.0 Å². The molecule has 1 amide bonds. The number of anilines is 1. The predicted octanol–water partition coefficient (Wildman–Crippen LogP) is 6.09. The Bertz CT molecular complexity index is 898. The molecule has 1 atom stereocenters. The Hall–Kier alpha value is -1.66. The number of thiophene rings is 1. The van der Waals surface area contributed by atoms with Gasteiger partial charge in [0.15, 0.2) is 0 Å². The lowest BCUT2D eigenvalue weighted by Gasteiger charge is -2.33. The Morgan fingerprint density at radius 1 is 1.29 bits per heavy atom. The van der Waals surface area contributed by atoms with E-state index in [1.54, 1.807) is 13.0 Å². The quantitative estimate of drug-likeness (QED) is 0.557. The summed E-state index contributed by atoms with van der Waals surface area (Å²) in [7, 11) is 0. The Labute approximate surface area is 178 Å². The fraction of sp³-hybridized carbons (Fsp3) is 0.455. The lowest BCUT2D eigenvalue weighted by atomic mass is 9.72. The summed E-state index contributed by atoms with van der Waals surface area (Å²) in [5, 5.41) is 3.56. The number of ether oxygens (including phenoxy) is 1. The molecule has 0 fully saturated rings. The van der Waals surface area contributed by atoms with E-state index in [4.69, 9.17) is 4.74 Å². The number of carbonyl (C=O) groups excluding carboxylic acids is 2. The highest BCUT2D eigenvalue weighted by atomic mass is 79.9. The van der Waals surface area contributed by atoms with Crippen molar-refractivity contribution in [3.63, 3.8) is 0 Å². The molecular weight excluding hydrogens is 438 g/mol. The first-order valence-corrected chi connectivity index (χ1v) is 11.2. The first kappa shape index (κ1) is 21.1. The molecule has 0 aliphatic heterocycles. The SMILES string of the molecule is CCOC(=O)c1c(NC(=O)c2ccccc2Br)sc2c1CCC(C(C)(C)C)C2. The van der Waals surface area contributed by atoms with Crippen LogP contribution in [0.4, 0.5) is 5.00 Å². The van der Waals surface area contributed by atoms with Crippen molar-refractivity contribution >= 4 is 44.1 Å². The van der Waals surface area contributed by atoms with Gasteiger partial charge in [-0.25, -0.2) is 4.79 Å². The van der Waals surface area contributed by atoms with E-state index in [-0.39, 0.29) is 17.3 Å². The maximum Gasteiger partial charge on any atom is 0.341 e. The highest BCUT2D eigenvalue weighted by Gasteiger charge is 2.34. The van der Waals surface area contributed by atoms with Gasteiger partial charge in [0.25, 0.3) is 5.91 Å². The molecule has 0 saturated carbocycles. The van der Waals surface area contributed by atoms with Crippen LogP contribution in [0.5, 0.6) is 0 Å². The second-order valence-corrected chi connectivity index (χ2v) is 10.1. The largest absolute Gasteiger partial charge is 0.462 e. The minimum absolute atomic E-state index is 0.212. The van der Waals surface area contributed by atoms with Gasteiger partial charge in [-0.15, -0.1) is 11.3 Å². The van der Waals surface area contributed by atoms with Crippen LogP contribution in [0.25, 0.3) is 0 Å². The molecule has 1 aliphatic carbocycles. The van der Waals surface area contributed by atoms with Crippen LogP contribution in [-0.4, -0.2) is 18.5 Å². The summed E-state index contributed by atoms with van der Waals surface area (Å²) in [4.78, 5) is 26.7. The zero-order valence-electron chi connectivity index (χ0n) is 16.7. The summed E-state index contributed by atoms with van der Waals surface area (Å²) in [6.45, 7) is 8.89. The van der Waals surface area contributed by atoms with Gasteiger partial charge in [-0.2, -0.15) is 0 Å². The van der Waals surface area contributed by atoms with E-state index >= 15 is 0 Å². The number of carbonyl (C=O) groups is 2. The van der Waals surface area contributed by atoms with E-state index in [0.29, 0.717) is 28.7 Å². The number of hydrogen-bond donors (Lipinski definition) is 1. The van der Waals surface area contributed by atoms with Crippen molar-refractivity contribution in [1.29, 1.82) is 0 Å². The Morgan fingerprint density at radius 3 is 2.64 bits per heavy atom. The van der Waals surface area contributed by atoms with Gasteiger partial charge in [0.05, 0.1) is 17.7 Å². The molecule has 1 unspecified atom stereocenters. The van der Waals surface area contributed by atoms with Crippen molar-refractivity contribution in [1.82, 2.24) is 0 Å². The number of hydrogen-bond acceptors (Lipinski definition) is 4. The molecule has 0 radical (unpaired) electrons. The summed E-state index contributed by atoms with van der Waals surface area (Å²) in [6.07, 6.45) is 2.81. The third-order valence-electron chi connectivity index (χ3n) is 5.32. The van der Waals surface area contributed by atoms with Crippen LogP contribution in [0.1, 0.15) is 65.3 Å². The smallest absolute Gasteiger partial charge is 0.341 e. The molecule has 6 heteroatoms. The summed E-state index contributed by atoms with van der Waals surface area (Å²) in [6, 6.07) is 7.27. The summed E-state index contributed by atoms with van der Waals surface area (Å²) in [5.74, 6) is -0.0267. The molecule has 3 rings (SSSR count). The zero-order chi connectivity index (χ0) is 20.5. The highest BCUT2D eigenvalue weighted by Crippen LogP contribution is 2.44. The monoisotopic (exact) mass is 463 g/mol. The lowest BCUT2D eigenvalue weighted by Crippen LogP contribution is -2.26. The summed E-state index contributed by atoms with van der Waals surface area (Å²) in [5.41, 5.74) is 2.33. The number of nitrogens with one attached hydrogen (secondary N) is 1. The number of halogens is 1. The molecule has 2 aromatic rings. The van der Waals surface area contributed by atoms with Gasteiger partial charge in [-0.1, -0.05) is 32.9 Å². The Kier molecular flexibility index (Phi) is 6.30. The maximum atomic E-state index is 12.8. The summed E-state index contributed by atoms with van der Waals surface area (Å²) >= 11 is 4.94. The van der Waals surface area contributed by atoms with Crippen LogP contribution in [0, 0.1) is 11.3 Å². The van der Waals surface area contributed by atoms with Crippen LogP contribution < -0.4 is 5.32 Å². The van der Waals surface area contributed by atoms with E-state index in [1.807, 2.05) is 18.2 Å². The first-order chi connectivity index (χ1) is 13.2. The Morgan fingerprint density at radius 2 is 2.00 bits per heavy atom. The third kappa shape index (κ3) is 4.33. The number of esters is 1. The van der Waals surface area contributed by atoms with Crippen LogP contribution in [0.3, 0.4) is 0 Å². The molecule has 1 N–H and O–H groups in total. The van der Waals surface area contributed by atoms with Gasteiger partial charge < -0.3 is 10.1 Å². The first-order valence-electron chi connectivity index (χ1n) is 9.60. The van der Waals surface area contributed by atoms with Gasteiger partial charge in [0, 0.05) is 9.35 Å². The minimum atomic E-state index is -0.350. The number of amides is 1. The van der Waals surface area contributed by atoms with Crippen molar-refractivity contribution in [3.05, 3.63) is 50.3 Å². The van der Waals surface area contributed by atoms with Crippen LogP contribution in [0.2, 0.25) is 0 Å². The molecule has 1 aromatic carbocycles. The Balaban J connectivity index is 1.96. The van der Waals surface area contributed by atoms with Crippen molar-refractivity contribution in [2.75, 3.05) is 11.9 Å². The molecule has 0 bridgehead atoms. The normalized spacial score (nSPS) is 16.4. The van der Waals surface area contributed by atoms with Crippen LogP contribution in [-0.2, 0) is 17.6 Å². The molecule has 150 valence electrons. The van der Waals surface area contributed by atoms with Gasteiger partial charge in [0.1, 0.15) is 5.00 Å².